The molecule has 1 atom stereocenters. The highest BCUT2D eigenvalue weighted by molar-refractivity contribution is 5.78. The number of unbranched alkanes of at least 4 members (excludes halogenated alkanes) is 4. The molecular formula is C13H26O2. The molecule has 0 fully saturated rings. The van der Waals surface area contributed by atoms with E-state index >= 15 is 0 Å². The molecule has 0 amide bonds. The molecule has 0 aromatic heterocycles. The Bertz CT molecular complexity index is 155. The summed E-state index contributed by atoms with van der Waals surface area (Å²) in [6, 6.07) is 0. The summed E-state index contributed by atoms with van der Waals surface area (Å²) in [4.78, 5) is 11.4. The van der Waals surface area contributed by atoms with Crippen molar-refractivity contribution in [1.29, 1.82) is 0 Å². The molecule has 1 unspecified atom stereocenters. The Labute approximate surface area is 94.4 Å². The van der Waals surface area contributed by atoms with Crippen molar-refractivity contribution in [3.05, 3.63) is 0 Å². The van der Waals surface area contributed by atoms with Gasteiger partial charge in [0.25, 0.3) is 0 Å². The first-order valence-electron chi connectivity index (χ1n) is 6.25. The van der Waals surface area contributed by atoms with Crippen LogP contribution in [0.4, 0.5) is 0 Å². The lowest BCUT2D eigenvalue weighted by Gasteiger charge is -2.07. The Morgan fingerprint density at radius 1 is 1.13 bits per heavy atom. The highest BCUT2D eigenvalue weighted by atomic mass is 16.5. The van der Waals surface area contributed by atoms with Crippen molar-refractivity contribution in [2.24, 2.45) is 0 Å². The number of carbonyl (C=O) groups excluding carboxylic acids is 1. The van der Waals surface area contributed by atoms with E-state index in [1.807, 2.05) is 6.92 Å². The zero-order valence-corrected chi connectivity index (χ0v) is 10.6. The average molecular weight is 214 g/mol. The topological polar surface area (TPSA) is 26.3 Å². The van der Waals surface area contributed by atoms with Crippen molar-refractivity contribution >= 4 is 5.78 Å². The summed E-state index contributed by atoms with van der Waals surface area (Å²) >= 11 is 0. The highest BCUT2D eigenvalue weighted by Crippen LogP contribution is 2.08. The van der Waals surface area contributed by atoms with Crippen molar-refractivity contribution in [1.82, 2.24) is 0 Å². The molecule has 15 heavy (non-hydrogen) atoms. The van der Waals surface area contributed by atoms with E-state index in [1.54, 1.807) is 7.11 Å². The smallest absolute Gasteiger partial charge is 0.133 e. The number of ether oxygens (including phenoxy) is 1. The van der Waals surface area contributed by atoms with Crippen LogP contribution in [0.25, 0.3) is 0 Å². The summed E-state index contributed by atoms with van der Waals surface area (Å²) in [6.45, 7) is 4.21. The summed E-state index contributed by atoms with van der Waals surface area (Å²) in [5.74, 6) is 0.399. The van der Waals surface area contributed by atoms with Gasteiger partial charge < -0.3 is 4.74 Å². The van der Waals surface area contributed by atoms with Crippen LogP contribution < -0.4 is 0 Å². The van der Waals surface area contributed by atoms with E-state index in [-0.39, 0.29) is 6.10 Å². The van der Waals surface area contributed by atoms with Crippen LogP contribution >= 0.6 is 0 Å². The molecule has 0 aliphatic heterocycles. The molecule has 0 aliphatic carbocycles. The first-order valence-corrected chi connectivity index (χ1v) is 6.25. The molecule has 90 valence electrons. The zero-order valence-electron chi connectivity index (χ0n) is 10.6. The van der Waals surface area contributed by atoms with E-state index < -0.39 is 0 Å². The summed E-state index contributed by atoms with van der Waals surface area (Å²) < 4.78 is 5.11. The molecule has 0 aliphatic rings. The fourth-order valence-corrected chi connectivity index (χ4v) is 1.53. The highest BCUT2D eigenvalue weighted by Gasteiger charge is 2.05. The minimum atomic E-state index is 0.217. The molecule has 0 heterocycles. The molecule has 0 saturated carbocycles. The average Bonchev–Trinajstić information content (AvgIpc) is 2.25. The Hall–Kier alpha value is -0.370. The largest absolute Gasteiger partial charge is 0.382 e. The van der Waals surface area contributed by atoms with Crippen molar-refractivity contribution < 1.29 is 9.53 Å². The molecule has 0 rings (SSSR count). The molecule has 0 N–H and O–H groups in total. The number of Topliss-reactive ketones (excluding diaryl/α,β-unsaturated/α-hetero) is 1. The van der Waals surface area contributed by atoms with Crippen LogP contribution in [0.2, 0.25) is 0 Å². The van der Waals surface area contributed by atoms with Gasteiger partial charge >= 0.3 is 0 Å². The van der Waals surface area contributed by atoms with Crippen LogP contribution in [0.1, 0.15) is 65.2 Å². The van der Waals surface area contributed by atoms with Crippen molar-refractivity contribution in [2.75, 3.05) is 7.11 Å². The zero-order chi connectivity index (χ0) is 11.5. The second-order valence-electron chi connectivity index (χ2n) is 4.29. The van der Waals surface area contributed by atoms with E-state index in [0.29, 0.717) is 12.2 Å². The Morgan fingerprint density at radius 2 is 1.80 bits per heavy atom. The van der Waals surface area contributed by atoms with Crippen LogP contribution in [0.5, 0.6) is 0 Å². The van der Waals surface area contributed by atoms with Crippen molar-refractivity contribution in [3.63, 3.8) is 0 Å². The maximum atomic E-state index is 11.4. The second kappa shape index (κ2) is 10.2. The molecule has 0 aromatic rings. The van der Waals surface area contributed by atoms with Gasteiger partial charge in [-0.2, -0.15) is 0 Å². The Morgan fingerprint density at radius 3 is 2.40 bits per heavy atom. The van der Waals surface area contributed by atoms with Gasteiger partial charge in [-0.1, -0.05) is 32.6 Å². The second-order valence-corrected chi connectivity index (χ2v) is 4.29. The third-order valence-electron chi connectivity index (χ3n) is 2.79. The number of carbonyl (C=O) groups is 1. The van der Waals surface area contributed by atoms with E-state index in [9.17, 15) is 4.79 Å². The molecule has 0 radical (unpaired) electrons. The van der Waals surface area contributed by atoms with Gasteiger partial charge in [0.15, 0.2) is 0 Å². The molecular weight excluding hydrogens is 188 g/mol. The molecule has 0 spiro atoms. The van der Waals surface area contributed by atoms with Crippen molar-refractivity contribution in [3.8, 4) is 0 Å². The maximum Gasteiger partial charge on any atom is 0.133 e. The molecule has 0 aromatic carbocycles. The van der Waals surface area contributed by atoms with E-state index in [1.165, 1.54) is 25.7 Å². The lowest BCUT2D eigenvalue weighted by molar-refractivity contribution is -0.119. The number of rotatable bonds is 10. The molecule has 0 bridgehead atoms. The predicted octanol–water partition coefficient (Wildman–Crippen LogP) is 3.73. The normalized spacial score (nSPS) is 12.7. The number of hydrogen-bond donors (Lipinski definition) is 0. The van der Waals surface area contributed by atoms with Crippen LogP contribution in [-0.4, -0.2) is 19.0 Å². The molecule has 0 saturated heterocycles. The minimum Gasteiger partial charge on any atom is -0.382 e. The summed E-state index contributed by atoms with van der Waals surface area (Å²) in [6.07, 6.45) is 8.65. The van der Waals surface area contributed by atoms with Crippen LogP contribution in [0, 0.1) is 0 Å². The predicted molar refractivity (Wildman–Crippen MR) is 64.1 cm³/mol. The standard InChI is InChI=1S/C13H26O2/c1-4-5-6-7-8-9-13(14)11-10-12(2)15-3/h12H,4-11H2,1-3H3. The summed E-state index contributed by atoms with van der Waals surface area (Å²) in [5, 5.41) is 0. The van der Waals surface area contributed by atoms with Gasteiger partial charge in [0.05, 0.1) is 6.10 Å². The van der Waals surface area contributed by atoms with Crippen LogP contribution in [0.15, 0.2) is 0 Å². The number of methoxy groups -OCH3 is 1. The van der Waals surface area contributed by atoms with E-state index in [0.717, 1.165) is 19.3 Å². The van der Waals surface area contributed by atoms with E-state index in [2.05, 4.69) is 6.92 Å². The van der Waals surface area contributed by atoms with Gasteiger partial charge in [-0.15, -0.1) is 0 Å². The SMILES string of the molecule is CCCCCCCC(=O)CCC(C)OC. The first kappa shape index (κ1) is 14.6. The quantitative estimate of drug-likeness (QED) is 0.518. The third kappa shape index (κ3) is 9.92. The van der Waals surface area contributed by atoms with Gasteiger partial charge in [-0.3, -0.25) is 4.79 Å². The fourth-order valence-electron chi connectivity index (χ4n) is 1.53. The lowest BCUT2D eigenvalue weighted by Crippen LogP contribution is -2.08. The monoisotopic (exact) mass is 214 g/mol. The summed E-state index contributed by atoms with van der Waals surface area (Å²) in [5.41, 5.74) is 0. The minimum absolute atomic E-state index is 0.217. The van der Waals surface area contributed by atoms with Gasteiger partial charge in [0.1, 0.15) is 5.78 Å². The van der Waals surface area contributed by atoms with Crippen LogP contribution in [-0.2, 0) is 9.53 Å². The fraction of sp³-hybridized carbons (Fsp3) is 0.923. The van der Waals surface area contributed by atoms with Gasteiger partial charge in [-0.25, -0.2) is 0 Å². The lowest BCUT2D eigenvalue weighted by atomic mass is 10.0. The van der Waals surface area contributed by atoms with Crippen LogP contribution in [0.3, 0.4) is 0 Å². The Kier molecular flexibility index (Phi) is 9.91. The first-order chi connectivity index (χ1) is 7.20. The molecule has 2 nitrogen and oxygen atoms in total. The molecule has 2 heteroatoms. The van der Waals surface area contributed by atoms with E-state index in [4.69, 9.17) is 4.74 Å². The summed E-state index contributed by atoms with van der Waals surface area (Å²) in [7, 11) is 1.69. The number of ketones is 1. The third-order valence-corrected chi connectivity index (χ3v) is 2.79. The van der Waals surface area contributed by atoms with Crippen molar-refractivity contribution in [2.45, 2.75) is 71.3 Å². The van der Waals surface area contributed by atoms with Gasteiger partial charge in [0.2, 0.25) is 0 Å². The van der Waals surface area contributed by atoms with Gasteiger partial charge in [0, 0.05) is 20.0 Å². The maximum absolute atomic E-state index is 11.4. The van der Waals surface area contributed by atoms with Gasteiger partial charge in [-0.05, 0) is 19.8 Å². The Balaban J connectivity index is 3.26. The number of hydrogen-bond acceptors (Lipinski definition) is 2.